The maximum absolute atomic E-state index is 13.9. The molecule has 3 saturated heterocycles. The highest BCUT2D eigenvalue weighted by molar-refractivity contribution is 6.26. The zero-order valence-corrected chi connectivity index (χ0v) is 17.7. The molecular formula is C23H20N4O6. The predicted octanol–water partition coefficient (Wildman–Crippen LogP) is 2.03. The fourth-order valence-corrected chi connectivity index (χ4v) is 6.36. The van der Waals surface area contributed by atoms with Crippen LogP contribution in [0.2, 0.25) is 0 Å². The first-order valence-electron chi connectivity index (χ1n) is 10.8. The molecule has 0 unspecified atom stereocenters. The molecule has 0 saturated carbocycles. The highest BCUT2D eigenvalue weighted by atomic mass is 16.6. The van der Waals surface area contributed by atoms with E-state index in [2.05, 4.69) is 5.32 Å². The van der Waals surface area contributed by atoms with Crippen LogP contribution in [0.3, 0.4) is 0 Å². The van der Waals surface area contributed by atoms with Gasteiger partial charge in [-0.15, -0.1) is 0 Å². The van der Waals surface area contributed by atoms with E-state index >= 15 is 0 Å². The molecule has 3 amide bonds. The summed E-state index contributed by atoms with van der Waals surface area (Å²) < 4.78 is 5.31. The SMILES string of the molecule is COc1cc([N+](=O)[O-])ccc1N1C(=O)[C@H]2[C@@H](C1=O)[C@]1(C(=O)Nc3ccccc31)N1CCC[C@@H]21. The van der Waals surface area contributed by atoms with E-state index in [1.165, 1.54) is 25.3 Å². The van der Waals surface area contributed by atoms with Crippen LogP contribution in [0.25, 0.3) is 0 Å². The monoisotopic (exact) mass is 448 g/mol. The third kappa shape index (κ3) is 2.28. The van der Waals surface area contributed by atoms with Crippen molar-refractivity contribution in [1.29, 1.82) is 0 Å². The van der Waals surface area contributed by atoms with Gasteiger partial charge < -0.3 is 10.1 Å². The number of benzene rings is 2. The molecule has 4 aliphatic rings. The second kappa shape index (κ2) is 6.61. The summed E-state index contributed by atoms with van der Waals surface area (Å²) in [6.07, 6.45) is 1.54. The van der Waals surface area contributed by atoms with Crippen LogP contribution in [0.5, 0.6) is 5.75 Å². The Bertz CT molecular complexity index is 1260. The van der Waals surface area contributed by atoms with Crippen LogP contribution in [0.1, 0.15) is 18.4 Å². The van der Waals surface area contributed by atoms with E-state index in [4.69, 9.17) is 4.74 Å². The van der Waals surface area contributed by atoms with Gasteiger partial charge >= 0.3 is 0 Å². The van der Waals surface area contributed by atoms with Gasteiger partial charge in [0.1, 0.15) is 11.3 Å². The molecule has 6 rings (SSSR count). The first-order chi connectivity index (χ1) is 15.9. The summed E-state index contributed by atoms with van der Waals surface area (Å²) in [5, 5.41) is 14.1. The molecule has 0 radical (unpaired) electrons. The lowest BCUT2D eigenvalue weighted by Crippen LogP contribution is -2.54. The lowest BCUT2D eigenvalue weighted by molar-refractivity contribution is -0.384. The normalized spacial score (nSPS) is 29.9. The number of amides is 3. The van der Waals surface area contributed by atoms with E-state index in [9.17, 15) is 24.5 Å². The average Bonchev–Trinajstić information content (AvgIpc) is 3.51. The van der Waals surface area contributed by atoms with Crippen molar-refractivity contribution in [2.75, 3.05) is 23.9 Å². The van der Waals surface area contributed by atoms with E-state index in [1.54, 1.807) is 6.07 Å². The topological polar surface area (TPSA) is 122 Å². The number of para-hydroxylation sites is 1. The minimum Gasteiger partial charge on any atom is -0.494 e. The van der Waals surface area contributed by atoms with Gasteiger partial charge in [0.05, 0.1) is 35.6 Å². The molecule has 0 aromatic heterocycles. The highest BCUT2D eigenvalue weighted by Gasteiger charge is 2.74. The number of nitro benzene ring substituents is 1. The van der Waals surface area contributed by atoms with Gasteiger partial charge in [0.2, 0.25) is 17.7 Å². The molecule has 4 atom stereocenters. The van der Waals surface area contributed by atoms with Crippen molar-refractivity contribution in [1.82, 2.24) is 4.90 Å². The molecule has 0 bridgehead atoms. The van der Waals surface area contributed by atoms with Gasteiger partial charge in [0, 0.05) is 23.4 Å². The Balaban J connectivity index is 1.53. The largest absolute Gasteiger partial charge is 0.494 e. The van der Waals surface area contributed by atoms with Crippen LogP contribution in [0.15, 0.2) is 42.5 Å². The smallest absolute Gasteiger partial charge is 0.273 e. The van der Waals surface area contributed by atoms with Crippen molar-refractivity contribution in [2.45, 2.75) is 24.4 Å². The van der Waals surface area contributed by atoms with Crippen LogP contribution in [0, 0.1) is 22.0 Å². The number of methoxy groups -OCH3 is 1. The van der Waals surface area contributed by atoms with Gasteiger partial charge in [-0.25, -0.2) is 4.90 Å². The summed E-state index contributed by atoms with van der Waals surface area (Å²) in [6.45, 7) is 0.626. The van der Waals surface area contributed by atoms with E-state index in [0.717, 1.165) is 11.3 Å². The summed E-state index contributed by atoms with van der Waals surface area (Å²) >= 11 is 0. The molecule has 2 aromatic carbocycles. The molecule has 33 heavy (non-hydrogen) atoms. The number of nitro groups is 1. The Labute approximate surface area is 188 Å². The quantitative estimate of drug-likeness (QED) is 0.433. The fourth-order valence-electron chi connectivity index (χ4n) is 6.36. The van der Waals surface area contributed by atoms with Crippen molar-refractivity contribution in [2.24, 2.45) is 11.8 Å². The zero-order chi connectivity index (χ0) is 23.1. The van der Waals surface area contributed by atoms with Gasteiger partial charge in [-0.3, -0.25) is 29.4 Å². The number of fused-ring (bicyclic) bond motifs is 7. The minimum atomic E-state index is -1.25. The molecular weight excluding hydrogens is 428 g/mol. The number of anilines is 2. The molecule has 2 aromatic rings. The summed E-state index contributed by atoms with van der Waals surface area (Å²) in [6, 6.07) is 10.9. The van der Waals surface area contributed by atoms with Crippen molar-refractivity contribution >= 4 is 34.8 Å². The second-order valence-electron chi connectivity index (χ2n) is 8.80. The Hall–Kier alpha value is -3.79. The summed E-state index contributed by atoms with van der Waals surface area (Å²) in [4.78, 5) is 55.0. The first kappa shape index (κ1) is 19.9. The first-order valence-corrected chi connectivity index (χ1v) is 10.8. The third-order valence-corrected chi connectivity index (χ3v) is 7.52. The van der Waals surface area contributed by atoms with Crippen LogP contribution in [-0.4, -0.2) is 47.2 Å². The number of hydrogen-bond donors (Lipinski definition) is 1. The maximum Gasteiger partial charge on any atom is 0.273 e. The van der Waals surface area contributed by atoms with Crippen LogP contribution < -0.4 is 15.0 Å². The van der Waals surface area contributed by atoms with Gasteiger partial charge in [-0.2, -0.15) is 0 Å². The molecule has 3 fully saturated rings. The molecule has 10 heteroatoms. The molecule has 1 spiro atoms. The van der Waals surface area contributed by atoms with E-state index in [-0.39, 0.29) is 29.1 Å². The number of ether oxygens (including phenoxy) is 1. The van der Waals surface area contributed by atoms with Crippen LogP contribution in [0.4, 0.5) is 17.1 Å². The van der Waals surface area contributed by atoms with Gasteiger partial charge in [-0.1, -0.05) is 18.2 Å². The average molecular weight is 448 g/mol. The van der Waals surface area contributed by atoms with Crippen molar-refractivity contribution < 1.29 is 24.0 Å². The second-order valence-corrected chi connectivity index (χ2v) is 8.80. The molecule has 10 nitrogen and oxygen atoms in total. The highest BCUT2D eigenvalue weighted by Crippen LogP contribution is 2.61. The zero-order valence-electron chi connectivity index (χ0n) is 17.7. The van der Waals surface area contributed by atoms with Crippen molar-refractivity contribution in [3.8, 4) is 5.75 Å². The van der Waals surface area contributed by atoms with Crippen LogP contribution >= 0.6 is 0 Å². The van der Waals surface area contributed by atoms with Crippen molar-refractivity contribution in [3.05, 3.63) is 58.1 Å². The minimum absolute atomic E-state index is 0.0551. The predicted molar refractivity (Wildman–Crippen MR) is 116 cm³/mol. The lowest BCUT2D eigenvalue weighted by atomic mass is 9.75. The summed E-state index contributed by atoms with van der Waals surface area (Å²) in [5.41, 5.74) is 0.0579. The summed E-state index contributed by atoms with van der Waals surface area (Å²) in [7, 11) is 1.33. The van der Waals surface area contributed by atoms with Crippen LogP contribution in [-0.2, 0) is 19.9 Å². The molecule has 168 valence electrons. The van der Waals surface area contributed by atoms with E-state index in [1.807, 2.05) is 23.1 Å². The van der Waals surface area contributed by atoms with Crippen molar-refractivity contribution in [3.63, 3.8) is 0 Å². The van der Waals surface area contributed by atoms with E-state index < -0.39 is 34.1 Å². The number of nitrogens with zero attached hydrogens (tertiary/aromatic N) is 3. The van der Waals surface area contributed by atoms with E-state index in [0.29, 0.717) is 24.2 Å². The van der Waals surface area contributed by atoms with Gasteiger partial charge in [0.25, 0.3) is 5.69 Å². The summed E-state index contributed by atoms with van der Waals surface area (Å²) in [5.74, 6) is -2.70. The molecule has 4 heterocycles. The fraction of sp³-hybridized carbons (Fsp3) is 0.348. The Morgan fingerprint density at radius 1 is 1.15 bits per heavy atom. The molecule has 0 aliphatic carbocycles. The number of carbonyl (C=O) groups excluding carboxylic acids is 3. The number of nitrogens with one attached hydrogen (secondary N) is 1. The number of non-ortho nitro benzene ring substituents is 1. The number of hydrogen-bond acceptors (Lipinski definition) is 7. The van der Waals surface area contributed by atoms with Gasteiger partial charge in [-0.05, 0) is 31.5 Å². The maximum atomic E-state index is 13.9. The Morgan fingerprint density at radius 3 is 2.70 bits per heavy atom. The number of imide groups is 1. The Kier molecular flexibility index (Phi) is 3.98. The van der Waals surface area contributed by atoms with Gasteiger partial charge in [0.15, 0.2) is 0 Å². The standard InChI is InChI=1S/C23H20N4O6/c1-33-17-11-12(27(31)32)8-9-15(17)26-20(28)18-16-7-4-10-25(16)23(19(18)21(26)29)13-5-2-3-6-14(13)24-22(23)30/h2-3,5-6,8-9,11,16,18-19H,4,7,10H2,1H3,(H,24,30)/t16-,18+,19-,23+/m0/s1. The number of rotatable bonds is 3. The molecule has 1 N–H and O–H groups in total. The lowest BCUT2D eigenvalue weighted by Gasteiger charge is -2.36. The number of carbonyl (C=O) groups is 3. The Morgan fingerprint density at radius 2 is 1.94 bits per heavy atom. The molecule has 4 aliphatic heterocycles. The third-order valence-electron chi connectivity index (χ3n) is 7.52.